The molecule has 1 aromatic carbocycles. The lowest BCUT2D eigenvalue weighted by Gasteiger charge is -2.36. The van der Waals surface area contributed by atoms with E-state index in [2.05, 4.69) is 20.8 Å². The normalized spacial score (nSPS) is 24.1. The number of carbonyl (C=O) groups excluding carboxylic acids is 2. The number of hydrogen-bond donors (Lipinski definition) is 1. The van der Waals surface area contributed by atoms with Crippen LogP contribution in [0.4, 0.5) is 0 Å². The molecule has 1 aliphatic rings. The lowest BCUT2D eigenvalue weighted by molar-refractivity contribution is -0.164. The van der Waals surface area contributed by atoms with Crippen molar-refractivity contribution in [2.45, 2.75) is 46.1 Å². The zero-order valence-corrected chi connectivity index (χ0v) is 16.0. The smallest absolute Gasteiger partial charge is 0.320 e. The van der Waals surface area contributed by atoms with E-state index < -0.39 is 12.1 Å². The van der Waals surface area contributed by atoms with Crippen LogP contribution >= 0.6 is 0 Å². The van der Waals surface area contributed by atoms with Crippen LogP contribution in [-0.2, 0) is 19.1 Å². The van der Waals surface area contributed by atoms with Gasteiger partial charge in [-0.25, -0.2) is 0 Å². The van der Waals surface area contributed by atoms with Crippen LogP contribution in [0.25, 0.3) is 0 Å². The first kappa shape index (κ1) is 20.4. The van der Waals surface area contributed by atoms with E-state index in [4.69, 9.17) is 15.2 Å². The number of carbonyl (C=O) groups is 2. The van der Waals surface area contributed by atoms with Crippen molar-refractivity contribution < 1.29 is 19.1 Å². The van der Waals surface area contributed by atoms with Gasteiger partial charge >= 0.3 is 11.9 Å². The van der Waals surface area contributed by atoms with Crippen LogP contribution in [0.15, 0.2) is 30.3 Å². The Bertz CT molecular complexity index is 587. The topological polar surface area (TPSA) is 78.6 Å². The summed E-state index contributed by atoms with van der Waals surface area (Å²) >= 11 is 0. The Balaban J connectivity index is 2.04. The molecule has 0 bridgehead atoms. The zero-order valence-electron chi connectivity index (χ0n) is 16.0. The Hall–Kier alpha value is -1.88. The monoisotopic (exact) mass is 361 g/mol. The largest absolute Gasteiger partial charge is 0.461 e. The van der Waals surface area contributed by atoms with Crippen molar-refractivity contribution in [3.05, 3.63) is 35.9 Å². The van der Waals surface area contributed by atoms with Crippen molar-refractivity contribution in [2.24, 2.45) is 29.4 Å². The maximum Gasteiger partial charge on any atom is 0.320 e. The molecule has 0 aromatic heterocycles. The highest BCUT2D eigenvalue weighted by atomic mass is 16.6. The molecular formula is C21H31NO4. The molecule has 1 fully saturated rings. The maximum atomic E-state index is 12.8. The first-order valence-electron chi connectivity index (χ1n) is 9.53. The van der Waals surface area contributed by atoms with Gasteiger partial charge in [-0.3, -0.25) is 9.59 Å². The second-order valence-corrected chi connectivity index (χ2v) is 7.66. The lowest BCUT2D eigenvalue weighted by Crippen LogP contribution is -2.35. The van der Waals surface area contributed by atoms with Crippen molar-refractivity contribution in [3.8, 4) is 0 Å². The molecule has 0 aliphatic heterocycles. The van der Waals surface area contributed by atoms with E-state index in [9.17, 15) is 9.59 Å². The van der Waals surface area contributed by atoms with Gasteiger partial charge in [0.25, 0.3) is 0 Å². The fourth-order valence-corrected chi connectivity index (χ4v) is 3.81. The third kappa shape index (κ3) is 5.56. The molecular weight excluding hydrogens is 330 g/mol. The van der Waals surface area contributed by atoms with Crippen molar-refractivity contribution in [1.82, 2.24) is 0 Å². The van der Waals surface area contributed by atoms with E-state index >= 15 is 0 Å². The van der Waals surface area contributed by atoms with E-state index in [1.54, 1.807) is 0 Å². The van der Waals surface area contributed by atoms with Crippen molar-refractivity contribution in [3.63, 3.8) is 0 Å². The molecule has 0 saturated heterocycles. The average molecular weight is 361 g/mol. The lowest BCUT2D eigenvalue weighted by atomic mass is 9.70. The predicted octanol–water partition coefficient (Wildman–Crippen LogP) is 3.48. The number of rotatable bonds is 7. The molecule has 0 radical (unpaired) electrons. The summed E-state index contributed by atoms with van der Waals surface area (Å²) in [5.74, 6) is 0.546. The summed E-state index contributed by atoms with van der Waals surface area (Å²) in [7, 11) is 0. The molecule has 0 unspecified atom stereocenters. The van der Waals surface area contributed by atoms with E-state index in [1.807, 2.05) is 30.3 Å². The van der Waals surface area contributed by atoms with Crippen LogP contribution in [0.5, 0.6) is 0 Å². The Labute approximate surface area is 156 Å². The summed E-state index contributed by atoms with van der Waals surface area (Å²) in [4.78, 5) is 24.4. The van der Waals surface area contributed by atoms with E-state index in [-0.39, 0.29) is 25.0 Å². The first-order valence-corrected chi connectivity index (χ1v) is 9.53. The summed E-state index contributed by atoms with van der Waals surface area (Å²) in [6, 6.07) is 9.30. The highest BCUT2D eigenvalue weighted by molar-refractivity contribution is 5.73. The SMILES string of the molecule is CC(C)[C@@H]1CC[C@@H](C)C[C@H]1C(=O)OC[C@@H](OC(=O)CN)c1ccccc1. The molecule has 1 aliphatic carbocycles. The van der Waals surface area contributed by atoms with Crippen LogP contribution in [0.2, 0.25) is 0 Å². The quantitative estimate of drug-likeness (QED) is 0.752. The fraction of sp³-hybridized carbons (Fsp3) is 0.619. The van der Waals surface area contributed by atoms with Gasteiger partial charge in [0.1, 0.15) is 6.61 Å². The minimum atomic E-state index is -0.630. The van der Waals surface area contributed by atoms with Crippen LogP contribution in [-0.4, -0.2) is 25.1 Å². The van der Waals surface area contributed by atoms with Crippen molar-refractivity contribution in [1.29, 1.82) is 0 Å². The van der Waals surface area contributed by atoms with Gasteiger partial charge in [0.2, 0.25) is 0 Å². The number of esters is 2. The molecule has 0 heterocycles. The number of hydrogen-bond acceptors (Lipinski definition) is 5. The van der Waals surface area contributed by atoms with Crippen LogP contribution in [0.3, 0.4) is 0 Å². The van der Waals surface area contributed by atoms with Gasteiger partial charge in [-0.2, -0.15) is 0 Å². The summed E-state index contributed by atoms with van der Waals surface area (Å²) in [6.07, 6.45) is 2.45. The van der Waals surface area contributed by atoms with Crippen molar-refractivity contribution in [2.75, 3.05) is 13.2 Å². The van der Waals surface area contributed by atoms with E-state index in [1.165, 1.54) is 0 Å². The first-order chi connectivity index (χ1) is 12.4. The molecule has 2 rings (SSSR count). The van der Waals surface area contributed by atoms with Crippen LogP contribution < -0.4 is 5.73 Å². The van der Waals surface area contributed by atoms with E-state index in [0.29, 0.717) is 17.8 Å². The van der Waals surface area contributed by atoms with Gasteiger partial charge in [-0.1, -0.05) is 57.5 Å². The van der Waals surface area contributed by atoms with Crippen molar-refractivity contribution >= 4 is 11.9 Å². The molecule has 0 spiro atoms. The molecule has 144 valence electrons. The standard InChI is InChI=1S/C21H31NO4/c1-14(2)17-10-9-15(3)11-18(17)21(24)25-13-19(26-20(23)12-22)16-7-5-4-6-8-16/h4-8,14-15,17-19H,9-13,22H2,1-3H3/t15-,17+,18-,19-/m1/s1. The summed E-state index contributed by atoms with van der Waals surface area (Å²) < 4.78 is 11.0. The zero-order chi connectivity index (χ0) is 19.1. The third-order valence-corrected chi connectivity index (χ3v) is 5.31. The van der Waals surface area contributed by atoms with Crippen LogP contribution in [0, 0.1) is 23.7 Å². The molecule has 5 nitrogen and oxygen atoms in total. The number of ether oxygens (including phenoxy) is 2. The molecule has 1 saturated carbocycles. The summed E-state index contributed by atoms with van der Waals surface area (Å²) in [5.41, 5.74) is 6.15. The second kappa shape index (κ2) is 9.72. The Kier molecular flexibility index (Phi) is 7.64. The molecule has 2 N–H and O–H groups in total. The Morgan fingerprint density at radius 3 is 2.50 bits per heavy atom. The summed E-state index contributed by atoms with van der Waals surface area (Å²) in [5, 5.41) is 0. The minimum absolute atomic E-state index is 0.0181. The molecule has 26 heavy (non-hydrogen) atoms. The van der Waals surface area contributed by atoms with Crippen LogP contribution in [0.1, 0.15) is 51.7 Å². The maximum absolute atomic E-state index is 12.8. The van der Waals surface area contributed by atoms with Gasteiger partial charge in [0, 0.05) is 0 Å². The van der Waals surface area contributed by atoms with Gasteiger partial charge in [-0.15, -0.1) is 0 Å². The highest BCUT2D eigenvalue weighted by Gasteiger charge is 2.36. The molecule has 4 atom stereocenters. The van der Waals surface area contributed by atoms with Gasteiger partial charge in [-0.05, 0) is 36.2 Å². The average Bonchev–Trinajstić information content (AvgIpc) is 2.64. The van der Waals surface area contributed by atoms with Gasteiger partial charge < -0.3 is 15.2 Å². The number of nitrogens with two attached hydrogens (primary N) is 1. The van der Waals surface area contributed by atoms with Gasteiger partial charge in [0.05, 0.1) is 12.5 Å². The Morgan fingerprint density at radius 2 is 1.88 bits per heavy atom. The highest BCUT2D eigenvalue weighted by Crippen LogP contribution is 2.38. The van der Waals surface area contributed by atoms with E-state index in [0.717, 1.165) is 24.8 Å². The molecule has 0 amide bonds. The minimum Gasteiger partial charge on any atom is -0.461 e. The summed E-state index contributed by atoms with van der Waals surface area (Å²) in [6.45, 7) is 6.33. The van der Waals surface area contributed by atoms with Gasteiger partial charge in [0.15, 0.2) is 6.10 Å². The third-order valence-electron chi connectivity index (χ3n) is 5.31. The number of benzene rings is 1. The fourth-order valence-electron chi connectivity index (χ4n) is 3.81. The Morgan fingerprint density at radius 1 is 1.19 bits per heavy atom. The second-order valence-electron chi connectivity index (χ2n) is 7.66. The molecule has 1 aromatic rings. The molecule has 5 heteroatoms. The predicted molar refractivity (Wildman–Crippen MR) is 100 cm³/mol.